The fraction of sp³-hybridized carbons (Fsp3) is 0.207. The zero-order valence-corrected chi connectivity index (χ0v) is 20.4. The molecule has 0 saturated heterocycles. The van der Waals surface area contributed by atoms with Gasteiger partial charge in [0.1, 0.15) is 6.54 Å². The van der Waals surface area contributed by atoms with Crippen LogP contribution in [0.3, 0.4) is 0 Å². The van der Waals surface area contributed by atoms with Crippen LogP contribution in [0.2, 0.25) is 0 Å². The molecule has 3 N–H and O–H groups in total. The minimum Gasteiger partial charge on any atom is -0.395 e. The summed E-state index contributed by atoms with van der Waals surface area (Å²) in [6.45, 7) is 0.370. The van der Waals surface area contributed by atoms with Crippen LogP contribution in [0.1, 0.15) is 16.7 Å². The number of carbonyl (C=O) groups excluding carboxylic acids is 1. The maximum absolute atomic E-state index is 13.0. The molecule has 0 aliphatic heterocycles. The van der Waals surface area contributed by atoms with Gasteiger partial charge in [-0.2, -0.15) is 0 Å². The average molecular weight is 499 g/mol. The normalized spacial score (nSPS) is 11.3. The number of hydrogen-bond acceptors (Lipinski definition) is 5. The van der Waals surface area contributed by atoms with Gasteiger partial charge in [0.15, 0.2) is 0 Å². The van der Waals surface area contributed by atoms with E-state index in [1.165, 1.54) is 17.2 Å². The molecule has 0 unspecified atom stereocenters. The first kappa shape index (κ1) is 25.8. The monoisotopic (exact) mass is 498 g/mol. The second-order valence-electron chi connectivity index (χ2n) is 8.62. The van der Waals surface area contributed by atoms with E-state index in [1.807, 2.05) is 54.6 Å². The lowest BCUT2D eigenvalue weighted by Crippen LogP contribution is -2.49. The Hall–Kier alpha value is -4.27. The molecule has 0 aliphatic carbocycles. The van der Waals surface area contributed by atoms with Gasteiger partial charge in [0.05, 0.1) is 12.1 Å². The van der Waals surface area contributed by atoms with E-state index in [1.54, 1.807) is 0 Å². The van der Waals surface area contributed by atoms with Crippen molar-refractivity contribution in [2.45, 2.75) is 12.1 Å². The summed E-state index contributed by atoms with van der Waals surface area (Å²) in [5.74, 6) is -0.338. The van der Waals surface area contributed by atoms with Crippen molar-refractivity contribution < 1.29 is 9.90 Å². The molecule has 0 atom stereocenters. The second kappa shape index (κ2) is 12.1. The zero-order chi connectivity index (χ0) is 26.1. The molecule has 190 valence electrons. The van der Waals surface area contributed by atoms with Gasteiger partial charge in [-0.15, -0.1) is 0 Å². The van der Waals surface area contributed by atoms with Gasteiger partial charge in [0.2, 0.25) is 5.91 Å². The summed E-state index contributed by atoms with van der Waals surface area (Å²) in [5.41, 5.74) is 1.28. The number of nitrogens with zero attached hydrogens (tertiary/aromatic N) is 2. The molecular formula is C29H30N4O4. The zero-order valence-electron chi connectivity index (χ0n) is 20.4. The number of aliphatic hydroxyl groups is 1. The molecule has 0 bridgehead atoms. The standard InChI is InChI=1S/C29H30N4O4/c34-21-20-32(27(36)22-33-18-16-26(35)31-28(33)37)19-17-30-29(23-10-4-1-5-11-23,24-12-6-2-7-13-24)25-14-8-3-9-15-25/h1-16,18,30,34H,17,19-22H2,(H,31,35,37). The molecule has 4 rings (SSSR count). The molecule has 0 radical (unpaired) electrons. The molecule has 0 saturated carbocycles. The molecule has 0 aliphatic rings. The van der Waals surface area contributed by atoms with Gasteiger partial charge in [0, 0.05) is 31.9 Å². The molecule has 1 amide bonds. The quantitative estimate of drug-likeness (QED) is 0.274. The van der Waals surface area contributed by atoms with Gasteiger partial charge in [-0.1, -0.05) is 91.0 Å². The fourth-order valence-corrected chi connectivity index (χ4v) is 4.55. The number of amides is 1. The average Bonchev–Trinajstić information content (AvgIpc) is 2.93. The summed E-state index contributed by atoms with van der Waals surface area (Å²) in [5, 5.41) is 13.3. The van der Waals surface area contributed by atoms with E-state index < -0.39 is 16.8 Å². The molecule has 1 aromatic heterocycles. The van der Waals surface area contributed by atoms with Crippen LogP contribution in [-0.4, -0.2) is 51.7 Å². The van der Waals surface area contributed by atoms with Crippen molar-refractivity contribution in [3.05, 3.63) is 141 Å². The highest BCUT2D eigenvalue weighted by atomic mass is 16.3. The van der Waals surface area contributed by atoms with E-state index in [4.69, 9.17) is 0 Å². The number of aromatic amines is 1. The number of aliphatic hydroxyl groups excluding tert-OH is 1. The Labute approximate surface area is 214 Å². The van der Waals surface area contributed by atoms with E-state index in [0.717, 1.165) is 21.3 Å². The van der Waals surface area contributed by atoms with Crippen LogP contribution in [0.25, 0.3) is 0 Å². The lowest BCUT2D eigenvalue weighted by molar-refractivity contribution is -0.132. The highest BCUT2D eigenvalue weighted by molar-refractivity contribution is 5.76. The highest BCUT2D eigenvalue weighted by Gasteiger charge is 2.35. The summed E-state index contributed by atoms with van der Waals surface area (Å²) < 4.78 is 1.14. The van der Waals surface area contributed by atoms with Crippen molar-refractivity contribution in [3.63, 3.8) is 0 Å². The number of rotatable bonds is 11. The molecule has 0 fully saturated rings. The number of aromatic nitrogens is 2. The third-order valence-corrected chi connectivity index (χ3v) is 6.32. The molecule has 1 heterocycles. The minimum atomic E-state index is -0.687. The highest BCUT2D eigenvalue weighted by Crippen LogP contribution is 2.36. The van der Waals surface area contributed by atoms with Crippen LogP contribution in [-0.2, 0) is 16.9 Å². The van der Waals surface area contributed by atoms with Gasteiger partial charge < -0.3 is 10.0 Å². The lowest BCUT2D eigenvalue weighted by Gasteiger charge is -2.38. The van der Waals surface area contributed by atoms with E-state index in [2.05, 4.69) is 46.7 Å². The Bertz CT molecular complexity index is 1310. The Morgan fingerprint density at radius 1 is 0.811 bits per heavy atom. The second-order valence-corrected chi connectivity index (χ2v) is 8.62. The van der Waals surface area contributed by atoms with Crippen molar-refractivity contribution in [2.24, 2.45) is 0 Å². The van der Waals surface area contributed by atoms with Gasteiger partial charge in [-0.05, 0) is 16.7 Å². The number of benzene rings is 3. The molecule has 37 heavy (non-hydrogen) atoms. The van der Waals surface area contributed by atoms with E-state index in [-0.39, 0.29) is 25.6 Å². The smallest absolute Gasteiger partial charge is 0.328 e. The number of hydrogen-bond donors (Lipinski definition) is 3. The van der Waals surface area contributed by atoms with Crippen molar-refractivity contribution in [3.8, 4) is 0 Å². The topological polar surface area (TPSA) is 107 Å². The molecule has 4 aromatic rings. The van der Waals surface area contributed by atoms with E-state index >= 15 is 0 Å². The van der Waals surface area contributed by atoms with Crippen LogP contribution < -0.4 is 16.6 Å². The minimum absolute atomic E-state index is 0.119. The Balaban J connectivity index is 1.63. The molecular weight excluding hydrogens is 468 g/mol. The lowest BCUT2D eigenvalue weighted by atomic mass is 9.77. The van der Waals surface area contributed by atoms with Gasteiger partial charge in [-0.25, -0.2) is 4.79 Å². The molecule has 8 nitrogen and oxygen atoms in total. The van der Waals surface area contributed by atoms with Gasteiger partial charge >= 0.3 is 5.69 Å². The largest absolute Gasteiger partial charge is 0.395 e. The summed E-state index contributed by atoms with van der Waals surface area (Å²) >= 11 is 0. The third kappa shape index (κ3) is 5.94. The number of H-pyrrole nitrogens is 1. The van der Waals surface area contributed by atoms with E-state index in [9.17, 15) is 19.5 Å². The fourth-order valence-electron chi connectivity index (χ4n) is 4.55. The van der Waals surface area contributed by atoms with E-state index in [0.29, 0.717) is 13.1 Å². The number of nitrogens with one attached hydrogen (secondary N) is 2. The maximum atomic E-state index is 13.0. The van der Waals surface area contributed by atoms with Crippen molar-refractivity contribution >= 4 is 5.91 Å². The van der Waals surface area contributed by atoms with Gasteiger partial charge in [-0.3, -0.25) is 24.5 Å². The van der Waals surface area contributed by atoms with Crippen LogP contribution in [0.5, 0.6) is 0 Å². The van der Waals surface area contributed by atoms with Crippen LogP contribution in [0, 0.1) is 0 Å². The van der Waals surface area contributed by atoms with Crippen LogP contribution in [0.15, 0.2) is 113 Å². The first-order chi connectivity index (χ1) is 18.0. The maximum Gasteiger partial charge on any atom is 0.328 e. The number of carbonyl (C=O) groups is 1. The van der Waals surface area contributed by atoms with Gasteiger partial charge in [0.25, 0.3) is 5.56 Å². The SMILES string of the molecule is O=C(Cn1ccc(=O)[nH]c1=O)N(CCO)CCNC(c1ccccc1)(c1ccccc1)c1ccccc1. The first-order valence-electron chi connectivity index (χ1n) is 12.1. The summed E-state index contributed by atoms with van der Waals surface area (Å²) in [6, 6.07) is 31.6. The van der Waals surface area contributed by atoms with Crippen molar-refractivity contribution in [1.82, 2.24) is 19.8 Å². The third-order valence-electron chi connectivity index (χ3n) is 6.32. The Kier molecular flexibility index (Phi) is 8.45. The Morgan fingerprint density at radius 2 is 1.32 bits per heavy atom. The summed E-state index contributed by atoms with van der Waals surface area (Å²) in [6.07, 6.45) is 1.29. The predicted octanol–water partition coefficient (Wildman–Crippen LogP) is 1.94. The van der Waals surface area contributed by atoms with Crippen molar-refractivity contribution in [1.29, 1.82) is 0 Å². The van der Waals surface area contributed by atoms with Crippen LogP contribution in [0.4, 0.5) is 0 Å². The summed E-state index contributed by atoms with van der Waals surface area (Å²) in [7, 11) is 0. The Morgan fingerprint density at radius 3 is 1.78 bits per heavy atom. The molecule has 0 spiro atoms. The first-order valence-corrected chi connectivity index (χ1v) is 12.1. The summed E-state index contributed by atoms with van der Waals surface area (Å²) in [4.78, 5) is 40.1. The predicted molar refractivity (Wildman–Crippen MR) is 142 cm³/mol. The van der Waals surface area contributed by atoms with Crippen LogP contribution >= 0.6 is 0 Å². The molecule has 8 heteroatoms. The van der Waals surface area contributed by atoms with Crippen molar-refractivity contribution in [2.75, 3.05) is 26.2 Å². The molecule has 3 aromatic carbocycles.